The molecular formula is C15H18Cl2N2S. The molecule has 1 heterocycles. The molecule has 0 saturated heterocycles. The van der Waals surface area contributed by atoms with Crippen LogP contribution in [0.4, 0.5) is 0 Å². The number of nitrogens with zero attached hydrogens (tertiary/aromatic N) is 1. The minimum atomic E-state index is 0.477. The third-order valence-electron chi connectivity index (χ3n) is 2.96. The SMILES string of the molecule is Cc1nc(Cc2ccc(Cl)cc2Cl)sc1CNC(C)C. The molecule has 0 aliphatic heterocycles. The second-order valence-corrected chi connectivity index (χ2v) is 7.08. The zero-order chi connectivity index (χ0) is 14.7. The Morgan fingerprint density at radius 2 is 2.05 bits per heavy atom. The molecule has 0 fully saturated rings. The van der Waals surface area contributed by atoms with Crippen molar-refractivity contribution in [1.29, 1.82) is 0 Å². The van der Waals surface area contributed by atoms with Crippen molar-refractivity contribution in [3.63, 3.8) is 0 Å². The minimum absolute atomic E-state index is 0.477. The molecular weight excluding hydrogens is 311 g/mol. The monoisotopic (exact) mass is 328 g/mol. The average Bonchev–Trinajstić information content (AvgIpc) is 2.71. The van der Waals surface area contributed by atoms with Gasteiger partial charge in [0.25, 0.3) is 0 Å². The molecule has 0 atom stereocenters. The normalized spacial score (nSPS) is 11.3. The van der Waals surface area contributed by atoms with Crippen LogP contribution in [0.15, 0.2) is 18.2 Å². The summed E-state index contributed by atoms with van der Waals surface area (Å²) in [5.74, 6) is 0. The first kappa shape index (κ1) is 15.8. The second kappa shape index (κ2) is 6.90. The highest BCUT2D eigenvalue weighted by molar-refractivity contribution is 7.11. The van der Waals surface area contributed by atoms with E-state index in [0.717, 1.165) is 29.2 Å². The maximum absolute atomic E-state index is 6.21. The van der Waals surface area contributed by atoms with Crippen molar-refractivity contribution in [2.24, 2.45) is 0 Å². The van der Waals surface area contributed by atoms with E-state index < -0.39 is 0 Å². The number of halogens is 2. The fourth-order valence-electron chi connectivity index (χ4n) is 1.85. The molecule has 1 N–H and O–H groups in total. The van der Waals surface area contributed by atoms with E-state index in [-0.39, 0.29) is 0 Å². The Balaban J connectivity index is 2.12. The van der Waals surface area contributed by atoms with Crippen molar-refractivity contribution in [2.45, 2.75) is 39.8 Å². The quantitative estimate of drug-likeness (QED) is 0.848. The molecule has 2 nitrogen and oxygen atoms in total. The lowest BCUT2D eigenvalue weighted by Gasteiger charge is -2.05. The first-order chi connectivity index (χ1) is 9.45. The summed E-state index contributed by atoms with van der Waals surface area (Å²) in [7, 11) is 0. The maximum atomic E-state index is 6.21. The number of thiazole rings is 1. The lowest BCUT2D eigenvalue weighted by Crippen LogP contribution is -2.21. The van der Waals surface area contributed by atoms with Gasteiger partial charge in [-0.05, 0) is 24.6 Å². The van der Waals surface area contributed by atoms with Gasteiger partial charge in [0.2, 0.25) is 0 Å². The van der Waals surface area contributed by atoms with Crippen molar-refractivity contribution >= 4 is 34.5 Å². The zero-order valence-corrected chi connectivity index (χ0v) is 14.2. The second-order valence-electron chi connectivity index (χ2n) is 5.06. The van der Waals surface area contributed by atoms with Crippen LogP contribution in [-0.4, -0.2) is 11.0 Å². The van der Waals surface area contributed by atoms with E-state index in [9.17, 15) is 0 Å². The molecule has 2 aromatic rings. The van der Waals surface area contributed by atoms with Gasteiger partial charge in [0.1, 0.15) is 0 Å². The van der Waals surface area contributed by atoms with Crippen LogP contribution in [0.3, 0.4) is 0 Å². The summed E-state index contributed by atoms with van der Waals surface area (Å²) in [6.45, 7) is 7.21. The Kier molecular flexibility index (Phi) is 5.44. The fraction of sp³-hybridized carbons (Fsp3) is 0.400. The van der Waals surface area contributed by atoms with Gasteiger partial charge in [-0.1, -0.05) is 43.1 Å². The third kappa shape index (κ3) is 4.19. The minimum Gasteiger partial charge on any atom is -0.310 e. The lowest BCUT2D eigenvalue weighted by atomic mass is 10.1. The predicted octanol–water partition coefficient (Wildman–Crippen LogP) is 4.85. The summed E-state index contributed by atoms with van der Waals surface area (Å²) >= 11 is 13.9. The topological polar surface area (TPSA) is 24.9 Å². The Hall–Kier alpha value is -0.610. The number of aromatic nitrogens is 1. The highest BCUT2D eigenvalue weighted by atomic mass is 35.5. The molecule has 0 bridgehead atoms. The third-order valence-corrected chi connectivity index (χ3v) is 4.71. The fourth-order valence-corrected chi connectivity index (χ4v) is 3.37. The molecule has 0 saturated carbocycles. The van der Waals surface area contributed by atoms with Gasteiger partial charge in [-0.3, -0.25) is 0 Å². The van der Waals surface area contributed by atoms with E-state index in [2.05, 4.69) is 31.1 Å². The van der Waals surface area contributed by atoms with Crippen molar-refractivity contribution in [3.8, 4) is 0 Å². The molecule has 1 aromatic carbocycles. The van der Waals surface area contributed by atoms with E-state index >= 15 is 0 Å². The molecule has 0 aliphatic carbocycles. The Morgan fingerprint density at radius 3 is 2.70 bits per heavy atom. The number of benzene rings is 1. The van der Waals surface area contributed by atoms with Gasteiger partial charge in [-0.25, -0.2) is 4.98 Å². The molecule has 0 aliphatic rings. The van der Waals surface area contributed by atoms with E-state index in [1.807, 2.05) is 12.1 Å². The van der Waals surface area contributed by atoms with Crippen molar-refractivity contribution in [1.82, 2.24) is 10.3 Å². The van der Waals surface area contributed by atoms with Gasteiger partial charge in [0.05, 0.1) is 10.7 Å². The summed E-state index contributed by atoms with van der Waals surface area (Å²) in [6, 6.07) is 6.09. The number of rotatable bonds is 5. The van der Waals surface area contributed by atoms with Crippen LogP contribution in [0.2, 0.25) is 10.0 Å². The number of nitrogens with one attached hydrogen (secondary N) is 1. The van der Waals surface area contributed by atoms with Crippen LogP contribution in [0, 0.1) is 6.92 Å². The molecule has 0 amide bonds. The Labute approximate surface area is 134 Å². The van der Waals surface area contributed by atoms with Crippen LogP contribution in [0.25, 0.3) is 0 Å². The number of hydrogen-bond donors (Lipinski definition) is 1. The van der Waals surface area contributed by atoms with E-state index in [1.54, 1.807) is 17.4 Å². The summed E-state index contributed by atoms with van der Waals surface area (Å²) in [6.07, 6.45) is 0.753. The first-order valence-corrected chi connectivity index (χ1v) is 8.15. The molecule has 2 rings (SSSR count). The molecule has 108 valence electrons. The summed E-state index contributed by atoms with van der Waals surface area (Å²) < 4.78 is 0. The van der Waals surface area contributed by atoms with E-state index in [4.69, 9.17) is 23.2 Å². The molecule has 20 heavy (non-hydrogen) atoms. The summed E-state index contributed by atoms with van der Waals surface area (Å²) in [4.78, 5) is 5.92. The molecule has 0 unspecified atom stereocenters. The lowest BCUT2D eigenvalue weighted by molar-refractivity contribution is 0.591. The Bertz CT molecular complexity index is 594. The van der Waals surface area contributed by atoms with Gasteiger partial charge in [-0.15, -0.1) is 11.3 Å². The average molecular weight is 329 g/mol. The standard InChI is InChI=1S/C15H18Cl2N2S/c1-9(2)18-8-14-10(3)19-15(20-14)6-11-4-5-12(16)7-13(11)17/h4-5,7,9,18H,6,8H2,1-3H3. The maximum Gasteiger partial charge on any atom is 0.0975 e. The van der Waals surface area contributed by atoms with Gasteiger partial charge >= 0.3 is 0 Å². The largest absolute Gasteiger partial charge is 0.310 e. The van der Waals surface area contributed by atoms with Gasteiger partial charge in [0, 0.05) is 33.9 Å². The van der Waals surface area contributed by atoms with Crippen LogP contribution in [0.5, 0.6) is 0 Å². The van der Waals surface area contributed by atoms with Crippen LogP contribution < -0.4 is 5.32 Å². The van der Waals surface area contributed by atoms with Crippen LogP contribution >= 0.6 is 34.5 Å². The first-order valence-electron chi connectivity index (χ1n) is 6.58. The smallest absolute Gasteiger partial charge is 0.0975 e. The Morgan fingerprint density at radius 1 is 1.30 bits per heavy atom. The molecule has 0 radical (unpaired) electrons. The molecule has 0 spiro atoms. The molecule has 5 heteroatoms. The summed E-state index contributed by atoms with van der Waals surface area (Å²) in [5.41, 5.74) is 2.16. The molecule has 1 aromatic heterocycles. The predicted molar refractivity (Wildman–Crippen MR) is 88.1 cm³/mol. The highest BCUT2D eigenvalue weighted by Crippen LogP contribution is 2.26. The van der Waals surface area contributed by atoms with Crippen molar-refractivity contribution in [3.05, 3.63) is 49.4 Å². The highest BCUT2D eigenvalue weighted by Gasteiger charge is 2.10. The van der Waals surface area contributed by atoms with Crippen molar-refractivity contribution < 1.29 is 0 Å². The number of hydrogen-bond acceptors (Lipinski definition) is 3. The van der Waals surface area contributed by atoms with Gasteiger partial charge in [0.15, 0.2) is 0 Å². The van der Waals surface area contributed by atoms with Crippen molar-refractivity contribution in [2.75, 3.05) is 0 Å². The van der Waals surface area contributed by atoms with Gasteiger partial charge in [-0.2, -0.15) is 0 Å². The zero-order valence-electron chi connectivity index (χ0n) is 11.8. The summed E-state index contributed by atoms with van der Waals surface area (Å²) in [5, 5.41) is 5.88. The van der Waals surface area contributed by atoms with Gasteiger partial charge < -0.3 is 5.32 Å². The van der Waals surface area contributed by atoms with Crippen LogP contribution in [-0.2, 0) is 13.0 Å². The van der Waals surface area contributed by atoms with E-state index in [0.29, 0.717) is 16.1 Å². The van der Waals surface area contributed by atoms with Crippen LogP contribution in [0.1, 0.15) is 35.0 Å². The number of aryl methyl sites for hydroxylation is 1. The van der Waals surface area contributed by atoms with E-state index in [1.165, 1.54) is 4.88 Å².